The standard InChI is InChI=1S/C29H27F2NO4/c1-16-7-6-8-17(13-16)25-24(26(33)18-9-12-23(36-5)20(14-18)29(2,3)4)27(34)28(35)32(25)22-15-19(30)10-11-21(22)31/h6-15,25,33H,1-5H3/b26-24-. The van der Waals surface area contributed by atoms with Gasteiger partial charge in [-0.15, -0.1) is 0 Å². The average molecular weight is 492 g/mol. The molecule has 3 aromatic rings. The third-order valence-corrected chi connectivity index (χ3v) is 6.25. The molecule has 1 N–H and O–H groups in total. The summed E-state index contributed by atoms with van der Waals surface area (Å²) in [5, 5.41) is 11.4. The summed E-state index contributed by atoms with van der Waals surface area (Å²) in [6, 6.07) is 13.5. The number of hydrogen-bond donors (Lipinski definition) is 1. The quantitative estimate of drug-likeness (QED) is 0.268. The number of nitrogens with zero attached hydrogens (tertiary/aromatic N) is 1. The van der Waals surface area contributed by atoms with Crippen molar-refractivity contribution in [1.82, 2.24) is 0 Å². The summed E-state index contributed by atoms with van der Waals surface area (Å²) >= 11 is 0. The summed E-state index contributed by atoms with van der Waals surface area (Å²) in [7, 11) is 1.54. The predicted molar refractivity (Wildman–Crippen MR) is 134 cm³/mol. The van der Waals surface area contributed by atoms with Crippen LogP contribution >= 0.6 is 0 Å². The van der Waals surface area contributed by atoms with Crippen molar-refractivity contribution in [3.63, 3.8) is 0 Å². The van der Waals surface area contributed by atoms with Gasteiger partial charge in [-0.1, -0.05) is 50.6 Å². The van der Waals surface area contributed by atoms with Crippen molar-refractivity contribution in [3.05, 3.63) is 100 Å². The number of aliphatic hydroxyl groups excluding tert-OH is 1. The van der Waals surface area contributed by atoms with Gasteiger partial charge in [0.2, 0.25) is 0 Å². The molecule has 0 aromatic heterocycles. The van der Waals surface area contributed by atoms with Gasteiger partial charge in [0.05, 0.1) is 24.4 Å². The van der Waals surface area contributed by atoms with Crippen molar-refractivity contribution >= 4 is 23.1 Å². The van der Waals surface area contributed by atoms with E-state index in [1.54, 1.807) is 43.5 Å². The monoisotopic (exact) mass is 491 g/mol. The second-order valence-electron chi connectivity index (χ2n) is 9.84. The SMILES string of the molecule is COc1ccc(/C(O)=C2/C(=O)C(=O)N(c3cc(F)ccc3F)C2c2cccc(C)c2)cc1C(C)(C)C. The minimum atomic E-state index is -1.17. The minimum Gasteiger partial charge on any atom is -0.507 e. The molecular formula is C29H27F2NO4. The summed E-state index contributed by atoms with van der Waals surface area (Å²) < 4.78 is 34.4. The normalized spacial score (nSPS) is 17.5. The Kier molecular flexibility index (Phi) is 6.43. The second kappa shape index (κ2) is 9.22. The van der Waals surface area contributed by atoms with Crippen LogP contribution in [0.5, 0.6) is 5.75 Å². The lowest BCUT2D eigenvalue weighted by atomic mass is 9.84. The number of carbonyl (C=O) groups is 2. The molecule has 0 bridgehead atoms. The van der Waals surface area contributed by atoms with Gasteiger partial charge in [-0.3, -0.25) is 14.5 Å². The molecule has 1 heterocycles. The van der Waals surface area contributed by atoms with E-state index in [1.165, 1.54) is 0 Å². The van der Waals surface area contributed by atoms with Crippen LogP contribution in [0, 0.1) is 18.6 Å². The van der Waals surface area contributed by atoms with Crippen molar-refractivity contribution in [2.75, 3.05) is 12.0 Å². The highest BCUT2D eigenvalue weighted by molar-refractivity contribution is 6.51. The molecule has 1 saturated heterocycles. The van der Waals surface area contributed by atoms with Crippen LogP contribution in [0.2, 0.25) is 0 Å². The Bertz CT molecular complexity index is 1400. The number of halogens is 2. The topological polar surface area (TPSA) is 66.8 Å². The number of ether oxygens (including phenoxy) is 1. The zero-order chi connectivity index (χ0) is 26.4. The molecule has 186 valence electrons. The van der Waals surface area contributed by atoms with E-state index in [0.29, 0.717) is 16.9 Å². The zero-order valence-corrected chi connectivity index (χ0v) is 20.7. The Morgan fingerprint density at radius 3 is 2.36 bits per heavy atom. The second-order valence-corrected chi connectivity index (χ2v) is 9.84. The largest absolute Gasteiger partial charge is 0.507 e. The molecule has 1 aliphatic rings. The van der Waals surface area contributed by atoms with Crippen LogP contribution in [-0.4, -0.2) is 23.9 Å². The van der Waals surface area contributed by atoms with Gasteiger partial charge in [0, 0.05) is 17.2 Å². The molecule has 1 amide bonds. The Labute approximate surface area is 208 Å². The van der Waals surface area contributed by atoms with E-state index < -0.39 is 35.1 Å². The number of hydrogen-bond acceptors (Lipinski definition) is 4. The van der Waals surface area contributed by atoms with Gasteiger partial charge in [0.25, 0.3) is 11.7 Å². The van der Waals surface area contributed by atoms with Gasteiger partial charge < -0.3 is 9.84 Å². The van der Waals surface area contributed by atoms with Crippen LogP contribution in [-0.2, 0) is 15.0 Å². The maximum absolute atomic E-state index is 14.8. The smallest absolute Gasteiger partial charge is 0.300 e. The Balaban J connectivity index is 2.00. The van der Waals surface area contributed by atoms with Crippen LogP contribution in [0.15, 0.2) is 66.2 Å². The van der Waals surface area contributed by atoms with Crippen LogP contribution in [0.1, 0.15) is 49.1 Å². The molecule has 7 heteroatoms. The summed E-state index contributed by atoms with van der Waals surface area (Å²) in [5.74, 6) is -3.48. The maximum atomic E-state index is 14.8. The number of rotatable bonds is 4. The molecule has 4 rings (SSSR count). The fourth-order valence-corrected chi connectivity index (χ4v) is 4.50. The molecular weight excluding hydrogens is 464 g/mol. The molecule has 5 nitrogen and oxygen atoms in total. The fraction of sp³-hybridized carbons (Fsp3) is 0.241. The number of carbonyl (C=O) groups excluding carboxylic acids is 2. The number of anilines is 1. The van der Waals surface area contributed by atoms with Crippen LogP contribution in [0.4, 0.5) is 14.5 Å². The molecule has 0 saturated carbocycles. The Morgan fingerprint density at radius 2 is 1.72 bits per heavy atom. The van der Waals surface area contributed by atoms with E-state index in [-0.39, 0.29) is 16.7 Å². The van der Waals surface area contributed by atoms with Gasteiger partial charge in [0.15, 0.2) is 0 Å². The van der Waals surface area contributed by atoms with Gasteiger partial charge in [-0.2, -0.15) is 0 Å². The first-order chi connectivity index (χ1) is 16.9. The predicted octanol–water partition coefficient (Wildman–Crippen LogP) is 6.21. The van der Waals surface area contributed by atoms with E-state index in [0.717, 1.165) is 34.2 Å². The highest BCUT2D eigenvalue weighted by Crippen LogP contribution is 2.44. The lowest BCUT2D eigenvalue weighted by molar-refractivity contribution is -0.132. The van der Waals surface area contributed by atoms with E-state index >= 15 is 0 Å². The van der Waals surface area contributed by atoms with Gasteiger partial charge in [0.1, 0.15) is 23.1 Å². The van der Waals surface area contributed by atoms with Crippen LogP contribution in [0.3, 0.4) is 0 Å². The number of aliphatic hydroxyl groups is 1. The molecule has 1 aliphatic heterocycles. The molecule has 1 atom stereocenters. The Hall–Kier alpha value is -4.00. The third kappa shape index (κ3) is 4.37. The molecule has 3 aromatic carbocycles. The molecule has 0 radical (unpaired) electrons. The highest BCUT2D eigenvalue weighted by atomic mass is 19.1. The van der Waals surface area contributed by atoms with Crippen molar-refractivity contribution in [1.29, 1.82) is 0 Å². The van der Waals surface area contributed by atoms with Crippen molar-refractivity contribution < 1.29 is 28.2 Å². The number of amides is 1. The minimum absolute atomic E-state index is 0.209. The lowest BCUT2D eigenvalue weighted by Crippen LogP contribution is -2.30. The van der Waals surface area contributed by atoms with Crippen LogP contribution < -0.4 is 9.64 Å². The first-order valence-electron chi connectivity index (χ1n) is 11.5. The average Bonchev–Trinajstić information content (AvgIpc) is 3.09. The summed E-state index contributed by atoms with van der Waals surface area (Å²) in [4.78, 5) is 27.5. The number of methoxy groups -OCH3 is 1. The maximum Gasteiger partial charge on any atom is 0.300 e. The van der Waals surface area contributed by atoms with Crippen molar-refractivity contribution in [2.24, 2.45) is 0 Å². The van der Waals surface area contributed by atoms with Gasteiger partial charge >= 0.3 is 0 Å². The third-order valence-electron chi connectivity index (χ3n) is 6.25. The first kappa shape index (κ1) is 25.1. The van der Waals surface area contributed by atoms with E-state index in [1.807, 2.05) is 33.8 Å². The van der Waals surface area contributed by atoms with Crippen LogP contribution in [0.25, 0.3) is 5.76 Å². The van der Waals surface area contributed by atoms with E-state index in [4.69, 9.17) is 4.74 Å². The zero-order valence-electron chi connectivity index (χ0n) is 20.7. The number of benzene rings is 3. The van der Waals surface area contributed by atoms with Crippen molar-refractivity contribution in [2.45, 2.75) is 39.2 Å². The summed E-state index contributed by atoms with van der Waals surface area (Å²) in [6.07, 6.45) is 0. The highest BCUT2D eigenvalue weighted by Gasteiger charge is 2.48. The van der Waals surface area contributed by atoms with Crippen molar-refractivity contribution in [3.8, 4) is 5.75 Å². The molecule has 0 spiro atoms. The summed E-state index contributed by atoms with van der Waals surface area (Å²) in [6.45, 7) is 7.77. The number of Topliss-reactive ketones (excluding diaryl/α,β-unsaturated/α-hetero) is 1. The molecule has 1 fully saturated rings. The molecule has 0 aliphatic carbocycles. The van der Waals surface area contributed by atoms with E-state index in [9.17, 15) is 23.5 Å². The Morgan fingerprint density at radius 1 is 1.00 bits per heavy atom. The fourth-order valence-electron chi connectivity index (χ4n) is 4.50. The molecule has 1 unspecified atom stereocenters. The first-order valence-corrected chi connectivity index (χ1v) is 11.5. The van der Waals surface area contributed by atoms with E-state index in [2.05, 4.69) is 0 Å². The number of aryl methyl sites for hydroxylation is 1. The molecule has 36 heavy (non-hydrogen) atoms. The van der Waals surface area contributed by atoms with Gasteiger partial charge in [-0.25, -0.2) is 8.78 Å². The van der Waals surface area contributed by atoms with Gasteiger partial charge in [-0.05, 0) is 48.2 Å². The number of ketones is 1. The lowest BCUT2D eigenvalue weighted by Gasteiger charge is -2.26. The summed E-state index contributed by atoms with van der Waals surface area (Å²) in [5.41, 5.74) is 1.45.